The van der Waals surface area contributed by atoms with Crippen LogP contribution in [0.25, 0.3) is 0 Å². The quantitative estimate of drug-likeness (QED) is 0.578. The summed E-state index contributed by atoms with van der Waals surface area (Å²) < 4.78 is 14.4. The predicted octanol–water partition coefficient (Wildman–Crippen LogP) is 3.70. The number of anilines is 1. The zero-order valence-corrected chi connectivity index (χ0v) is 18.7. The fraction of sp³-hybridized carbons (Fsp3) is 0.167. The number of aryl methyl sites for hydroxylation is 2. The van der Waals surface area contributed by atoms with Crippen LogP contribution in [0.15, 0.2) is 53.3 Å². The maximum Gasteiger partial charge on any atom is 0.269 e. The van der Waals surface area contributed by atoms with Crippen LogP contribution in [0.1, 0.15) is 32.7 Å². The summed E-state index contributed by atoms with van der Waals surface area (Å²) in [6.45, 7) is 3.24. The Hall–Kier alpha value is -3.96. The molecule has 0 radical (unpaired) electrons. The summed E-state index contributed by atoms with van der Waals surface area (Å²) in [5, 5.41) is 14.8. The van der Waals surface area contributed by atoms with Gasteiger partial charge in [-0.25, -0.2) is 4.39 Å². The number of hydrogen-bond donors (Lipinski definition) is 2. The number of halogens is 2. The Bertz CT molecular complexity index is 1330. The van der Waals surface area contributed by atoms with Crippen LogP contribution < -0.4 is 16.2 Å². The van der Waals surface area contributed by atoms with Crippen LogP contribution in [0.2, 0.25) is 5.02 Å². The molecule has 2 amide bonds. The van der Waals surface area contributed by atoms with Crippen LogP contribution >= 0.6 is 11.6 Å². The van der Waals surface area contributed by atoms with Gasteiger partial charge in [0.25, 0.3) is 11.5 Å². The van der Waals surface area contributed by atoms with E-state index in [0.717, 1.165) is 0 Å². The lowest BCUT2D eigenvalue weighted by Crippen LogP contribution is -2.31. The number of nitrogens with zero attached hydrogens (tertiary/aromatic N) is 2. The molecule has 3 rings (SSSR count). The van der Waals surface area contributed by atoms with E-state index in [1.54, 1.807) is 32.0 Å². The Morgan fingerprint density at radius 1 is 1.12 bits per heavy atom. The monoisotopic (exact) mass is 466 g/mol. The van der Waals surface area contributed by atoms with Gasteiger partial charge < -0.3 is 15.2 Å². The summed E-state index contributed by atoms with van der Waals surface area (Å²) in [6.07, 6.45) is 0. The van der Waals surface area contributed by atoms with Crippen molar-refractivity contribution in [2.75, 3.05) is 5.32 Å². The molecule has 7 nitrogen and oxygen atoms in total. The van der Waals surface area contributed by atoms with Gasteiger partial charge in [-0.15, -0.1) is 0 Å². The van der Waals surface area contributed by atoms with Gasteiger partial charge in [-0.1, -0.05) is 17.7 Å². The van der Waals surface area contributed by atoms with E-state index >= 15 is 0 Å². The molecule has 0 saturated carbocycles. The molecule has 1 heterocycles. The molecule has 0 unspecified atom stereocenters. The average molecular weight is 467 g/mol. The summed E-state index contributed by atoms with van der Waals surface area (Å²) in [4.78, 5) is 37.2. The minimum atomic E-state index is -0.515. The minimum absolute atomic E-state index is 0.00527. The first-order valence-electron chi connectivity index (χ1n) is 9.92. The van der Waals surface area contributed by atoms with Crippen molar-refractivity contribution in [3.8, 4) is 6.07 Å². The number of hydrogen-bond acceptors (Lipinski definition) is 4. The van der Waals surface area contributed by atoms with Crippen LogP contribution in [0.3, 0.4) is 0 Å². The van der Waals surface area contributed by atoms with E-state index in [9.17, 15) is 18.8 Å². The predicted molar refractivity (Wildman–Crippen MR) is 123 cm³/mol. The Morgan fingerprint density at radius 3 is 2.45 bits per heavy atom. The third-order valence-electron chi connectivity index (χ3n) is 5.00. The van der Waals surface area contributed by atoms with E-state index in [1.807, 2.05) is 6.07 Å². The summed E-state index contributed by atoms with van der Waals surface area (Å²) in [6, 6.07) is 13.7. The van der Waals surface area contributed by atoms with Crippen LogP contribution in [-0.4, -0.2) is 16.4 Å². The molecular formula is C24H20ClFN4O3. The van der Waals surface area contributed by atoms with E-state index in [2.05, 4.69) is 10.6 Å². The Labute approximate surface area is 194 Å². The summed E-state index contributed by atoms with van der Waals surface area (Å²) in [7, 11) is 0. The summed E-state index contributed by atoms with van der Waals surface area (Å²) >= 11 is 5.96. The van der Waals surface area contributed by atoms with Crippen molar-refractivity contribution in [1.82, 2.24) is 9.88 Å². The van der Waals surface area contributed by atoms with Gasteiger partial charge in [0, 0.05) is 28.5 Å². The fourth-order valence-electron chi connectivity index (χ4n) is 3.25. The number of nitriles is 1. The molecule has 0 atom stereocenters. The van der Waals surface area contributed by atoms with Crippen molar-refractivity contribution in [3.05, 3.63) is 97.7 Å². The zero-order valence-electron chi connectivity index (χ0n) is 17.9. The van der Waals surface area contributed by atoms with Crippen LogP contribution in [0, 0.1) is 31.0 Å². The second kappa shape index (κ2) is 10.1. The number of benzene rings is 2. The molecule has 0 saturated heterocycles. The topological polar surface area (TPSA) is 104 Å². The average Bonchev–Trinajstić information content (AvgIpc) is 2.76. The molecule has 0 spiro atoms. The number of pyridine rings is 1. The maximum absolute atomic E-state index is 13.1. The third-order valence-corrected chi connectivity index (χ3v) is 5.36. The molecule has 0 bridgehead atoms. The van der Waals surface area contributed by atoms with Gasteiger partial charge in [0.2, 0.25) is 5.91 Å². The number of amides is 2. The van der Waals surface area contributed by atoms with Gasteiger partial charge in [0.05, 0.1) is 0 Å². The highest BCUT2D eigenvalue weighted by atomic mass is 35.5. The molecule has 3 aromatic rings. The Balaban J connectivity index is 1.62. The highest BCUT2D eigenvalue weighted by Gasteiger charge is 2.13. The van der Waals surface area contributed by atoms with Crippen molar-refractivity contribution in [1.29, 1.82) is 5.26 Å². The smallest absolute Gasteiger partial charge is 0.269 e. The highest BCUT2D eigenvalue weighted by molar-refractivity contribution is 6.31. The van der Waals surface area contributed by atoms with Crippen molar-refractivity contribution in [2.45, 2.75) is 26.9 Å². The maximum atomic E-state index is 13.1. The first-order valence-corrected chi connectivity index (χ1v) is 10.3. The normalized spacial score (nSPS) is 10.4. The molecule has 2 aromatic carbocycles. The number of aromatic nitrogens is 1. The van der Waals surface area contributed by atoms with Crippen molar-refractivity contribution < 1.29 is 14.0 Å². The van der Waals surface area contributed by atoms with Gasteiger partial charge in [0.15, 0.2) is 0 Å². The first kappa shape index (κ1) is 23.7. The molecule has 9 heteroatoms. The number of nitrogens with one attached hydrogen (secondary N) is 2. The molecule has 2 N–H and O–H groups in total. The molecule has 1 aromatic heterocycles. The van der Waals surface area contributed by atoms with Gasteiger partial charge in [-0.05, 0) is 67.4 Å². The van der Waals surface area contributed by atoms with E-state index in [0.29, 0.717) is 28.1 Å². The minimum Gasteiger partial charge on any atom is -0.348 e. The molecule has 0 aliphatic carbocycles. The number of carbonyl (C=O) groups excluding carboxylic acids is 2. The Kier molecular flexibility index (Phi) is 7.26. The first-order chi connectivity index (χ1) is 15.7. The third kappa shape index (κ3) is 5.64. The Morgan fingerprint density at radius 2 is 1.82 bits per heavy atom. The number of rotatable bonds is 6. The molecule has 168 valence electrons. The summed E-state index contributed by atoms with van der Waals surface area (Å²) in [5.74, 6) is -1.27. The van der Waals surface area contributed by atoms with Crippen molar-refractivity contribution in [2.24, 2.45) is 0 Å². The lowest BCUT2D eigenvalue weighted by Gasteiger charge is -2.12. The lowest BCUT2D eigenvalue weighted by atomic mass is 10.1. The number of carbonyl (C=O) groups is 2. The van der Waals surface area contributed by atoms with E-state index in [1.165, 1.54) is 34.9 Å². The van der Waals surface area contributed by atoms with E-state index < -0.39 is 17.3 Å². The van der Waals surface area contributed by atoms with E-state index in [4.69, 9.17) is 16.9 Å². The van der Waals surface area contributed by atoms with Gasteiger partial charge >= 0.3 is 0 Å². The van der Waals surface area contributed by atoms with Crippen LogP contribution in [0.5, 0.6) is 0 Å². The van der Waals surface area contributed by atoms with E-state index in [-0.39, 0.29) is 29.6 Å². The molecule has 33 heavy (non-hydrogen) atoms. The fourth-order valence-corrected chi connectivity index (χ4v) is 3.49. The second-order valence-corrected chi connectivity index (χ2v) is 7.80. The van der Waals surface area contributed by atoms with Gasteiger partial charge in [-0.3, -0.25) is 14.4 Å². The van der Waals surface area contributed by atoms with Gasteiger partial charge in [-0.2, -0.15) is 5.26 Å². The van der Waals surface area contributed by atoms with Crippen molar-refractivity contribution in [3.63, 3.8) is 0 Å². The highest BCUT2D eigenvalue weighted by Crippen LogP contribution is 2.17. The largest absolute Gasteiger partial charge is 0.348 e. The SMILES string of the molecule is Cc1cc(C)n(CC(=O)Nc2ccc(C(=O)NCc3ccc(F)cc3Cl)cc2)c(=O)c1C#N. The standard InChI is InChI=1S/C24H20ClFN4O3/c1-14-9-15(2)30(24(33)20(14)11-27)13-22(31)29-19-7-4-16(5-8-19)23(32)28-12-17-3-6-18(26)10-21(17)25/h3-10H,12-13H2,1-2H3,(H,28,32)(H,29,31). The molecule has 0 aliphatic rings. The molecule has 0 aliphatic heterocycles. The van der Waals surface area contributed by atoms with Crippen molar-refractivity contribution >= 4 is 29.1 Å². The summed E-state index contributed by atoms with van der Waals surface area (Å²) in [5.41, 5.74) is 2.00. The molecule has 0 fully saturated rings. The van der Waals surface area contributed by atoms with Gasteiger partial charge in [0.1, 0.15) is 24.0 Å². The van der Waals surface area contributed by atoms with Crippen LogP contribution in [0.4, 0.5) is 10.1 Å². The second-order valence-electron chi connectivity index (χ2n) is 7.39. The zero-order chi connectivity index (χ0) is 24.1. The lowest BCUT2D eigenvalue weighted by molar-refractivity contribution is -0.116. The van der Waals surface area contributed by atoms with Crippen LogP contribution in [-0.2, 0) is 17.9 Å². The molecular weight excluding hydrogens is 447 g/mol.